The Bertz CT molecular complexity index is 1360. The zero-order valence-corrected chi connectivity index (χ0v) is 19.3. The molecule has 0 atom stereocenters. The van der Waals surface area contributed by atoms with Crippen LogP contribution in [0.5, 0.6) is 5.75 Å². The van der Waals surface area contributed by atoms with E-state index in [0.717, 1.165) is 27.2 Å². The van der Waals surface area contributed by atoms with Crippen molar-refractivity contribution in [3.8, 4) is 17.0 Å². The summed E-state index contributed by atoms with van der Waals surface area (Å²) in [6, 6.07) is 25.2. The van der Waals surface area contributed by atoms with Crippen LogP contribution < -0.4 is 10.1 Å². The number of fused-ring (bicyclic) bond motifs is 1. The molecule has 3 aromatic heterocycles. The molecule has 0 radical (unpaired) electrons. The fourth-order valence-corrected chi connectivity index (χ4v) is 4.34. The van der Waals surface area contributed by atoms with Gasteiger partial charge in [0.15, 0.2) is 0 Å². The van der Waals surface area contributed by atoms with Gasteiger partial charge in [-0.3, -0.25) is 4.40 Å². The lowest BCUT2D eigenvalue weighted by Gasteiger charge is -2.10. The van der Waals surface area contributed by atoms with Gasteiger partial charge in [-0.15, -0.1) is 11.3 Å². The number of nitrogens with one attached hydrogen (secondary N) is 1. The lowest BCUT2D eigenvalue weighted by Crippen LogP contribution is -2.06. The van der Waals surface area contributed by atoms with Gasteiger partial charge in [-0.25, -0.2) is 9.78 Å². The van der Waals surface area contributed by atoms with Crippen LogP contribution in [0.15, 0.2) is 94.9 Å². The molecule has 5 aromatic rings. The Kier molecular flexibility index (Phi) is 5.75. The fraction of sp³-hybridized carbons (Fsp3) is 0.0400. The molecule has 5 nitrogen and oxygen atoms in total. The van der Waals surface area contributed by atoms with Crippen LogP contribution in [0.2, 0.25) is 0 Å². The van der Waals surface area contributed by atoms with Gasteiger partial charge >= 0.3 is 5.97 Å². The Morgan fingerprint density at radius 1 is 1.00 bits per heavy atom. The van der Waals surface area contributed by atoms with Crippen LogP contribution in [-0.4, -0.2) is 15.4 Å². The number of aromatic nitrogens is 2. The van der Waals surface area contributed by atoms with Gasteiger partial charge in [0.2, 0.25) is 0 Å². The largest absolute Gasteiger partial charge is 0.422 e. The van der Waals surface area contributed by atoms with Gasteiger partial charge < -0.3 is 10.1 Å². The first-order valence-corrected chi connectivity index (χ1v) is 11.7. The van der Waals surface area contributed by atoms with Crippen LogP contribution in [-0.2, 0) is 6.54 Å². The number of hydrogen-bond acceptors (Lipinski definition) is 5. The molecule has 1 N–H and O–H groups in total. The lowest BCUT2D eigenvalue weighted by molar-refractivity contribution is 0.0740. The molecule has 0 amide bonds. The number of imidazole rings is 1. The summed E-state index contributed by atoms with van der Waals surface area (Å²) >= 11 is 4.91. The summed E-state index contributed by atoms with van der Waals surface area (Å²) in [4.78, 5) is 17.6. The van der Waals surface area contributed by atoms with Crippen molar-refractivity contribution in [1.82, 2.24) is 9.38 Å². The van der Waals surface area contributed by atoms with Crippen LogP contribution >= 0.6 is 27.3 Å². The minimum Gasteiger partial charge on any atom is -0.422 e. The Morgan fingerprint density at radius 3 is 2.56 bits per heavy atom. The van der Waals surface area contributed by atoms with Crippen LogP contribution in [0.25, 0.3) is 16.9 Å². The van der Waals surface area contributed by atoms with Crippen molar-refractivity contribution < 1.29 is 9.53 Å². The number of benzene rings is 2. The van der Waals surface area contributed by atoms with Crippen LogP contribution in [0, 0.1) is 0 Å². The standard InChI is InChI=1S/C25H18BrN3O2S/c26-19-10-13-22-28-23(24(29(22)16-19)27-15-17-5-2-1-3-6-17)18-8-11-20(12-9-18)31-25(30)21-7-4-14-32-21/h1-14,16,27H,15H2. The van der Waals surface area contributed by atoms with E-state index in [2.05, 4.69) is 33.4 Å². The van der Waals surface area contributed by atoms with Gasteiger partial charge in [-0.2, -0.15) is 0 Å². The van der Waals surface area contributed by atoms with E-state index in [-0.39, 0.29) is 5.97 Å². The van der Waals surface area contributed by atoms with Gasteiger partial charge in [-0.1, -0.05) is 36.4 Å². The predicted molar refractivity (Wildman–Crippen MR) is 131 cm³/mol. The summed E-state index contributed by atoms with van der Waals surface area (Å²) < 4.78 is 8.48. The topological polar surface area (TPSA) is 55.6 Å². The van der Waals surface area contributed by atoms with Crippen molar-refractivity contribution in [3.05, 3.63) is 105 Å². The number of carbonyl (C=O) groups excluding carboxylic acids is 1. The number of rotatable bonds is 6. The van der Waals surface area contributed by atoms with E-state index < -0.39 is 0 Å². The first-order valence-electron chi connectivity index (χ1n) is 9.99. The highest BCUT2D eigenvalue weighted by molar-refractivity contribution is 9.10. The van der Waals surface area contributed by atoms with E-state index in [9.17, 15) is 4.79 Å². The predicted octanol–water partition coefficient (Wildman–Crippen LogP) is 6.66. The number of halogens is 1. The Hall–Kier alpha value is -3.42. The van der Waals surface area contributed by atoms with Gasteiger partial charge in [-0.05, 0) is 69.3 Å². The number of ether oxygens (including phenoxy) is 1. The zero-order valence-electron chi connectivity index (χ0n) is 16.9. The minimum absolute atomic E-state index is 0.351. The maximum absolute atomic E-state index is 12.2. The number of nitrogens with zero attached hydrogens (tertiary/aromatic N) is 2. The summed E-state index contributed by atoms with van der Waals surface area (Å²) in [5.41, 5.74) is 3.78. The summed E-state index contributed by atoms with van der Waals surface area (Å²) in [5.74, 6) is 1.04. The number of anilines is 1. The molecule has 3 heterocycles. The molecule has 0 saturated carbocycles. The normalized spacial score (nSPS) is 10.9. The summed E-state index contributed by atoms with van der Waals surface area (Å²) in [6.07, 6.45) is 2.00. The van der Waals surface area contributed by atoms with Crippen molar-refractivity contribution >= 4 is 44.7 Å². The van der Waals surface area contributed by atoms with Gasteiger partial charge in [0.05, 0.1) is 0 Å². The minimum atomic E-state index is -0.351. The number of carbonyl (C=O) groups is 1. The van der Waals surface area contributed by atoms with Crippen molar-refractivity contribution in [2.24, 2.45) is 0 Å². The molecular formula is C25H18BrN3O2S. The molecule has 7 heteroatoms. The molecule has 5 rings (SSSR count). The molecule has 0 unspecified atom stereocenters. The van der Waals surface area contributed by atoms with Gasteiger partial charge in [0.25, 0.3) is 0 Å². The average molecular weight is 504 g/mol. The van der Waals surface area contributed by atoms with Crippen LogP contribution in [0.4, 0.5) is 5.82 Å². The van der Waals surface area contributed by atoms with Gasteiger partial charge in [0, 0.05) is 22.8 Å². The number of hydrogen-bond donors (Lipinski definition) is 1. The van der Waals surface area contributed by atoms with Crippen LogP contribution in [0.3, 0.4) is 0 Å². The third kappa shape index (κ3) is 4.30. The SMILES string of the molecule is O=C(Oc1ccc(-c2nc3ccc(Br)cn3c2NCc2ccccc2)cc1)c1cccs1. The summed E-state index contributed by atoms with van der Waals surface area (Å²) in [6.45, 7) is 0.671. The highest BCUT2D eigenvalue weighted by Crippen LogP contribution is 2.31. The second-order valence-electron chi connectivity index (χ2n) is 7.11. The molecule has 0 saturated heterocycles. The van der Waals surface area contributed by atoms with E-state index in [1.165, 1.54) is 16.9 Å². The molecule has 32 heavy (non-hydrogen) atoms. The monoisotopic (exact) mass is 503 g/mol. The number of thiophene rings is 1. The molecule has 0 fully saturated rings. The maximum atomic E-state index is 12.2. The highest BCUT2D eigenvalue weighted by Gasteiger charge is 2.15. The summed E-state index contributed by atoms with van der Waals surface area (Å²) in [5, 5.41) is 5.39. The Balaban J connectivity index is 1.45. The third-order valence-electron chi connectivity index (χ3n) is 4.95. The van der Waals surface area contributed by atoms with Crippen LogP contribution in [0.1, 0.15) is 15.2 Å². The third-order valence-corrected chi connectivity index (χ3v) is 6.26. The maximum Gasteiger partial charge on any atom is 0.353 e. The molecule has 158 valence electrons. The van der Waals surface area contributed by atoms with Crippen molar-refractivity contribution in [2.45, 2.75) is 6.54 Å². The number of esters is 1. The average Bonchev–Trinajstić information content (AvgIpc) is 3.47. The molecule has 2 aromatic carbocycles. The second-order valence-corrected chi connectivity index (χ2v) is 8.98. The molecule has 0 bridgehead atoms. The van der Waals surface area contributed by atoms with Crippen molar-refractivity contribution in [3.63, 3.8) is 0 Å². The molecular weight excluding hydrogens is 486 g/mol. The van der Waals surface area contributed by atoms with E-state index in [1.54, 1.807) is 18.2 Å². The van der Waals surface area contributed by atoms with Gasteiger partial charge in [0.1, 0.15) is 27.8 Å². The van der Waals surface area contributed by atoms with Crippen molar-refractivity contribution in [1.29, 1.82) is 0 Å². The summed E-state index contributed by atoms with van der Waals surface area (Å²) in [7, 11) is 0. The van der Waals surface area contributed by atoms with E-state index in [0.29, 0.717) is 17.2 Å². The first-order chi connectivity index (χ1) is 15.7. The Morgan fingerprint density at radius 2 is 1.81 bits per heavy atom. The second kappa shape index (κ2) is 8.98. The number of pyridine rings is 1. The first kappa shape index (κ1) is 20.5. The van der Waals surface area contributed by atoms with E-state index in [4.69, 9.17) is 9.72 Å². The quantitative estimate of drug-likeness (QED) is 0.208. The lowest BCUT2D eigenvalue weighted by atomic mass is 10.1. The van der Waals surface area contributed by atoms with E-state index >= 15 is 0 Å². The zero-order chi connectivity index (χ0) is 21.9. The fourth-order valence-electron chi connectivity index (χ4n) is 3.40. The highest BCUT2D eigenvalue weighted by atomic mass is 79.9. The molecule has 0 aliphatic heterocycles. The smallest absolute Gasteiger partial charge is 0.353 e. The molecule has 0 aliphatic carbocycles. The van der Waals surface area contributed by atoms with Crippen molar-refractivity contribution in [2.75, 3.05) is 5.32 Å². The molecule has 0 aliphatic rings. The van der Waals surface area contributed by atoms with E-state index in [1.807, 2.05) is 64.5 Å². The Labute approximate surface area is 197 Å². The molecule has 0 spiro atoms.